The van der Waals surface area contributed by atoms with Crippen molar-refractivity contribution in [2.45, 2.75) is 26.2 Å². The minimum Gasteiger partial charge on any atom is -0.234 e. The molecule has 9 heavy (non-hydrogen) atoms. The van der Waals surface area contributed by atoms with Gasteiger partial charge in [-0.15, -0.1) is 6.58 Å². The molecular formula is C8H12O. The molecule has 50 valence electrons. The van der Waals surface area contributed by atoms with Crippen LogP contribution in [0, 0.1) is 0 Å². The standard InChI is InChI=1S/C8H12O/c1-3-4-5-6-8(2)7-9/h3H,1,4-6H2,2H3. The van der Waals surface area contributed by atoms with E-state index < -0.39 is 0 Å². The highest BCUT2D eigenvalue weighted by Crippen LogP contribution is 2.02. The summed E-state index contributed by atoms with van der Waals surface area (Å²) in [5.74, 6) is 1.86. The highest BCUT2D eigenvalue weighted by Gasteiger charge is 1.87. The summed E-state index contributed by atoms with van der Waals surface area (Å²) in [6.07, 6.45) is 4.72. The van der Waals surface area contributed by atoms with Gasteiger partial charge in [-0.05, 0) is 26.2 Å². The Bertz CT molecular complexity index is 130. The third-order valence-corrected chi connectivity index (χ3v) is 1.13. The molecule has 0 atom stereocenters. The van der Waals surface area contributed by atoms with Crippen molar-refractivity contribution in [1.82, 2.24) is 0 Å². The first-order chi connectivity index (χ1) is 4.31. The lowest BCUT2D eigenvalue weighted by Crippen LogP contribution is -1.76. The van der Waals surface area contributed by atoms with Crippen LogP contribution in [0.25, 0.3) is 0 Å². The van der Waals surface area contributed by atoms with E-state index in [0.717, 1.165) is 24.8 Å². The lowest BCUT2D eigenvalue weighted by Gasteiger charge is -1.90. The molecule has 0 fully saturated rings. The Balaban J connectivity index is 3.27. The summed E-state index contributed by atoms with van der Waals surface area (Å²) in [7, 11) is 0. The van der Waals surface area contributed by atoms with Crippen molar-refractivity contribution >= 4 is 5.94 Å². The van der Waals surface area contributed by atoms with Gasteiger partial charge < -0.3 is 0 Å². The highest BCUT2D eigenvalue weighted by atomic mass is 16.1. The van der Waals surface area contributed by atoms with Gasteiger partial charge >= 0.3 is 0 Å². The van der Waals surface area contributed by atoms with E-state index in [2.05, 4.69) is 6.58 Å². The summed E-state index contributed by atoms with van der Waals surface area (Å²) in [5.41, 5.74) is 0.803. The third kappa shape index (κ3) is 5.05. The van der Waals surface area contributed by atoms with Gasteiger partial charge in [0.15, 0.2) is 0 Å². The fourth-order valence-electron chi connectivity index (χ4n) is 0.563. The van der Waals surface area contributed by atoms with E-state index in [0.29, 0.717) is 0 Å². The monoisotopic (exact) mass is 124 g/mol. The molecule has 0 radical (unpaired) electrons. The zero-order valence-electron chi connectivity index (χ0n) is 5.81. The van der Waals surface area contributed by atoms with Crippen LogP contribution in [0.2, 0.25) is 0 Å². The molecule has 0 rings (SSSR count). The van der Waals surface area contributed by atoms with Crippen molar-refractivity contribution in [1.29, 1.82) is 0 Å². The number of allylic oxidation sites excluding steroid dienone is 2. The van der Waals surface area contributed by atoms with Crippen molar-refractivity contribution < 1.29 is 4.79 Å². The van der Waals surface area contributed by atoms with E-state index in [4.69, 9.17) is 0 Å². The first-order valence-electron chi connectivity index (χ1n) is 3.12. The zero-order valence-corrected chi connectivity index (χ0v) is 5.81. The van der Waals surface area contributed by atoms with E-state index in [1.165, 1.54) is 0 Å². The van der Waals surface area contributed by atoms with Crippen LogP contribution in [0.1, 0.15) is 26.2 Å². The van der Waals surface area contributed by atoms with Crippen molar-refractivity contribution in [3.63, 3.8) is 0 Å². The molecule has 0 saturated heterocycles. The Labute approximate surface area is 56.1 Å². The molecule has 0 aromatic rings. The van der Waals surface area contributed by atoms with Crippen LogP contribution in [0.5, 0.6) is 0 Å². The molecule has 0 heterocycles. The Kier molecular flexibility index (Phi) is 4.85. The fourth-order valence-corrected chi connectivity index (χ4v) is 0.563. The number of carbonyl (C=O) groups excluding carboxylic acids is 1. The van der Waals surface area contributed by atoms with Crippen molar-refractivity contribution in [3.05, 3.63) is 18.2 Å². The molecule has 0 aliphatic heterocycles. The average Bonchev–Trinajstić information content (AvgIpc) is 1.89. The lowest BCUT2D eigenvalue weighted by molar-refractivity contribution is 0.565. The quantitative estimate of drug-likeness (QED) is 0.319. The van der Waals surface area contributed by atoms with E-state index in [1.54, 1.807) is 6.92 Å². The summed E-state index contributed by atoms with van der Waals surface area (Å²) >= 11 is 0. The molecule has 1 heteroatoms. The predicted molar refractivity (Wildman–Crippen MR) is 38.9 cm³/mol. The molecule has 0 spiro atoms. The van der Waals surface area contributed by atoms with E-state index in [-0.39, 0.29) is 0 Å². The molecule has 1 nitrogen and oxygen atoms in total. The van der Waals surface area contributed by atoms with Crippen LogP contribution in [-0.2, 0) is 4.79 Å². The predicted octanol–water partition coefficient (Wildman–Crippen LogP) is 2.12. The zero-order chi connectivity index (χ0) is 7.11. The average molecular weight is 124 g/mol. The second kappa shape index (κ2) is 5.33. The molecule has 0 amide bonds. The maximum atomic E-state index is 9.91. The first-order valence-corrected chi connectivity index (χ1v) is 3.12. The van der Waals surface area contributed by atoms with Gasteiger partial charge in [0.1, 0.15) is 5.94 Å². The second-order valence-electron chi connectivity index (χ2n) is 2.06. The maximum absolute atomic E-state index is 9.91. The van der Waals surface area contributed by atoms with E-state index in [9.17, 15) is 4.79 Å². The van der Waals surface area contributed by atoms with Crippen LogP contribution in [0.4, 0.5) is 0 Å². The van der Waals surface area contributed by atoms with Gasteiger partial charge in [-0.1, -0.05) is 6.08 Å². The van der Waals surface area contributed by atoms with Gasteiger partial charge in [-0.2, -0.15) is 0 Å². The van der Waals surface area contributed by atoms with Crippen molar-refractivity contribution in [3.8, 4) is 0 Å². The largest absolute Gasteiger partial charge is 0.234 e. The minimum absolute atomic E-state index is 0.803. The van der Waals surface area contributed by atoms with Crippen LogP contribution in [-0.4, -0.2) is 5.94 Å². The molecule has 0 aliphatic carbocycles. The summed E-state index contributed by atoms with van der Waals surface area (Å²) in [6, 6.07) is 0. The molecule has 0 bridgehead atoms. The Morgan fingerprint density at radius 3 is 2.89 bits per heavy atom. The number of rotatable bonds is 4. The molecule has 0 unspecified atom stereocenters. The number of hydrogen-bond donors (Lipinski definition) is 0. The topological polar surface area (TPSA) is 17.1 Å². The molecular weight excluding hydrogens is 112 g/mol. The van der Waals surface area contributed by atoms with Crippen LogP contribution < -0.4 is 0 Å². The molecule has 0 aromatic heterocycles. The van der Waals surface area contributed by atoms with Gasteiger partial charge in [-0.25, -0.2) is 4.79 Å². The lowest BCUT2D eigenvalue weighted by atomic mass is 10.1. The molecule has 0 saturated carbocycles. The minimum atomic E-state index is 0.803. The highest BCUT2D eigenvalue weighted by molar-refractivity contribution is 5.50. The van der Waals surface area contributed by atoms with Gasteiger partial charge in [-0.3, -0.25) is 0 Å². The normalized spacial score (nSPS) is 8.11. The van der Waals surface area contributed by atoms with Crippen LogP contribution >= 0.6 is 0 Å². The fraction of sp³-hybridized carbons (Fsp3) is 0.500. The van der Waals surface area contributed by atoms with Crippen LogP contribution in [0.15, 0.2) is 18.2 Å². The third-order valence-electron chi connectivity index (χ3n) is 1.13. The van der Waals surface area contributed by atoms with Crippen molar-refractivity contribution in [2.75, 3.05) is 0 Å². The van der Waals surface area contributed by atoms with Crippen LogP contribution in [0.3, 0.4) is 0 Å². The molecule has 0 N–H and O–H groups in total. The van der Waals surface area contributed by atoms with Crippen molar-refractivity contribution in [2.24, 2.45) is 0 Å². The second-order valence-corrected chi connectivity index (χ2v) is 2.06. The summed E-state index contributed by atoms with van der Waals surface area (Å²) in [6.45, 7) is 5.38. The number of unbranched alkanes of at least 4 members (excludes halogenated alkanes) is 1. The van der Waals surface area contributed by atoms with E-state index >= 15 is 0 Å². The smallest absolute Gasteiger partial charge is 0.123 e. The SMILES string of the molecule is C=CCCCC(C)=C=O. The van der Waals surface area contributed by atoms with Gasteiger partial charge in [0.05, 0.1) is 0 Å². The summed E-state index contributed by atoms with van der Waals surface area (Å²) < 4.78 is 0. The summed E-state index contributed by atoms with van der Waals surface area (Å²) in [5, 5.41) is 0. The van der Waals surface area contributed by atoms with Gasteiger partial charge in [0.2, 0.25) is 0 Å². The summed E-state index contributed by atoms with van der Waals surface area (Å²) in [4.78, 5) is 9.91. The maximum Gasteiger partial charge on any atom is 0.123 e. The Hall–Kier alpha value is -0.810. The first kappa shape index (κ1) is 8.19. The van der Waals surface area contributed by atoms with Gasteiger partial charge in [0.25, 0.3) is 0 Å². The molecule has 0 aromatic carbocycles. The Morgan fingerprint density at radius 2 is 2.44 bits per heavy atom. The van der Waals surface area contributed by atoms with Gasteiger partial charge in [0, 0.05) is 5.57 Å². The number of hydrogen-bond acceptors (Lipinski definition) is 1. The Morgan fingerprint density at radius 1 is 1.78 bits per heavy atom. The molecule has 0 aliphatic rings. The van der Waals surface area contributed by atoms with E-state index in [1.807, 2.05) is 12.0 Å².